The topological polar surface area (TPSA) is 72.9 Å². The number of carbonyl (C=O) groups excluding carboxylic acids is 3. The molecule has 1 aliphatic heterocycles. The molecule has 27 heavy (non-hydrogen) atoms. The van der Waals surface area contributed by atoms with Crippen LogP contribution in [0.3, 0.4) is 0 Å². The maximum atomic E-state index is 12.6. The number of nitrogens with zero attached hydrogens (tertiary/aromatic N) is 1. The number of carbonyl (C=O) groups is 3. The Morgan fingerprint density at radius 1 is 0.926 bits per heavy atom. The number of hydrogen-bond donors (Lipinski definition) is 0. The minimum atomic E-state index is -1.13. The molecule has 0 bridgehead atoms. The van der Waals surface area contributed by atoms with Crippen molar-refractivity contribution in [1.82, 2.24) is 5.06 Å². The standard InChI is InChI=1S/C21H21NO5/c1-21(2,3)26-20(25)17(13-14-9-5-4-6-10-14)27-22-18(23)15-11-7-8-12-16(15)19(22)24/h4-12,17H,13H2,1-3H3/t17-/m0/s1. The summed E-state index contributed by atoms with van der Waals surface area (Å²) in [5.74, 6) is -1.81. The molecular formula is C21H21NO5. The molecule has 1 aliphatic rings. The number of ether oxygens (including phenoxy) is 1. The minimum absolute atomic E-state index is 0.170. The molecular weight excluding hydrogens is 346 g/mol. The van der Waals surface area contributed by atoms with Gasteiger partial charge in [0.05, 0.1) is 11.1 Å². The Morgan fingerprint density at radius 2 is 1.44 bits per heavy atom. The molecule has 0 aliphatic carbocycles. The number of fused-ring (bicyclic) bond motifs is 1. The highest BCUT2D eigenvalue weighted by atomic mass is 16.7. The van der Waals surface area contributed by atoms with E-state index < -0.39 is 29.5 Å². The van der Waals surface area contributed by atoms with Gasteiger partial charge in [0.1, 0.15) is 5.60 Å². The highest BCUT2D eigenvalue weighted by Crippen LogP contribution is 2.25. The van der Waals surface area contributed by atoms with E-state index in [4.69, 9.17) is 9.57 Å². The fraction of sp³-hybridized carbons (Fsp3) is 0.286. The Labute approximate surface area is 157 Å². The van der Waals surface area contributed by atoms with Gasteiger partial charge in [-0.1, -0.05) is 42.5 Å². The van der Waals surface area contributed by atoms with Crippen LogP contribution in [0, 0.1) is 0 Å². The zero-order valence-electron chi connectivity index (χ0n) is 15.5. The number of imide groups is 1. The molecule has 2 amide bonds. The first-order chi connectivity index (χ1) is 12.8. The monoisotopic (exact) mass is 367 g/mol. The zero-order chi connectivity index (χ0) is 19.6. The van der Waals surface area contributed by atoms with Crippen LogP contribution in [0.15, 0.2) is 54.6 Å². The maximum Gasteiger partial charge on any atom is 0.338 e. The first kappa shape index (κ1) is 18.8. The number of hydroxylamine groups is 2. The number of hydrogen-bond acceptors (Lipinski definition) is 5. The van der Waals surface area contributed by atoms with Crippen molar-refractivity contribution in [2.45, 2.75) is 38.9 Å². The van der Waals surface area contributed by atoms with Gasteiger partial charge in [0.25, 0.3) is 11.8 Å². The largest absolute Gasteiger partial charge is 0.458 e. The summed E-state index contributed by atoms with van der Waals surface area (Å²) in [6, 6.07) is 15.7. The fourth-order valence-electron chi connectivity index (χ4n) is 2.75. The van der Waals surface area contributed by atoms with Crippen molar-refractivity contribution < 1.29 is 24.0 Å². The van der Waals surface area contributed by atoms with Crippen LogP contribution in [-0.4, -0.2) is 34.6 Å². The normalized spacial score (nSPS) is 14.9. The molecule has 0 radical (unpaired) electrons. The SMILES string of the molecule is CC(C)(C)OC(=O)[C@H](Cc1ccccc1)ON1C(=O)c2ccccc2C1=O. The molecule has 2 aromatic carbocycles. The van der Waals surface area contributed by atoms with E-state index >= 15 is 0 Å². The van der Waals surface area contributed by atoms with Gasteiger partial charge in [0.2, 0.25) is 0 Å². The molecule has 1 heterocycles. The lowest BCUT2D eigenvalue weighted by Gasteiger charge is -2.26. The Balaban J connectivity index is 1.84. The molecule has 1 atom stereocenters. The second-order valence-corrected chi connectivity index (χ2v) is 7.27. The van der Waals surface area contributed by atoms with E-state index in [1.54, 1.807) is 45.0 Å². The van der Waals surface area contributed by atoms with E-state index in [0.717, 1.165) is 5.56 Å². The van der Waals surface area contributed by atoms with E-state index in [1.165, 1.54) is 0 Å². The van der Waals surface area contributed by atoms with Gasteiger partial charge in [-0.15, -0.1) is 5.06 Å². The third kappa shape index (κ3) is 4.23. The Kier molecular flexibility index (Phi) is 5.10. The smallest absolute Gasteiger partial charge is 0.338 e. The van der Waals surface area contributed by atoms with Crippen molar-refractivity contribution in [3.63, 3.8) is 0 Å². The summed E-state index contributed by atoms with van der Waals surface area (Å²) in [6.07, 6.45) is -0.961. The molecule has 140 valence electrons. The van der Waals surface area contributed by atoms with Gasteiger partial charge in [-0.3, -0.25) is 9.59 Å². The average Bonchev–Trinajstić information content (AvgIpc) is 2.86. The summed E-state index contributed by atoms with van der Waals surface area (Å²) < 4.78 is 5.42. The van der Waals surface area contributed by atoms with E-state index in [0.29, 0.717) is 5.06 Å². The highest BCUT2D eigenvalue weighted by Gasteiger charge is 2.40. The van der Waals surface area contributed by atoms with Crippen molar-refractivity contribution in [3.8, 4) is 0 Å². The predicted octanol–water partition coefficient (Wildman–Crippen LogP) is 3.17. The van der Waals surface area contributed by atoms with Gasteiger partial charge in [-0.2, -0.15) is 0 Å². The lowest BCUT2D eigenvalue weighted by Crippen LogP contribution is -2.42. The van der Waals surface area contributed by atoms with Crippen molar-refractivity contribution >= 4 is 17.8 Å². The van der Waals surface area contributed by atoms with Crippen LogP contribution in [-0.2, 0) is 20.8 Å². The van der Waals surface area contributed by atoms with Gasteiger partial charge in [0, 0.05) is 6.42 Å². The number of rotatable bonds is 5. The highest BCUT2D eigenvalue weighted by molar-refractivity contribution is 6.20. The Hall–Kier alpha value is -2.99. The first-order valence-corrected chi connectivity index (χ1v) is 8.67. The van der Waals surface area contributed by atoms with Crippen molar-refractivity contribution in [2.75, 3.05) is 0 Å². The molecule has 3 rings (SSSR count). The van der Waals surface area contributed by atoms with E-state index in [9.17, 15) is 14.4 Å². The quantitative estimate of drug-likeness (QED) is 0.599. The lowest BCUT2D eigenvalue weighted by molar-refractivity contribution is -0.189. The second kappa shape index (κ2) is 7.32. The van der Waals surface area contributed by atoms with E-state index in [2.05, 4.69) is 0 Å². The Morgan fingerprint density at radius 3 is 1.96 bits per heavy atom. The lowest BCUT2D eigenvalue weighted by atomic mass is 10.1. The fourth-order valence-corrected chi connectivity index (χ4v) is 2.75. The van der Waals surface area contributed by atoms with Gasteiger partial charge in [0.15, 0.2) is 6.10 Å². The van der Waals surface area contributed by atoms with Crippen LogP contribution in [0.25, 0.3) is 0 Å². The van der Waals surface area contributed by atoms with Crippen molar-refractivity contribution in [2.24, 2.45) is 0 Å². The van der Waals surface area contributed by atoms with Crippen LogP contribution in [0.2, 0.25) is 0 Å². The number of benzene rings is 2. The van der Waals surface area contributed by atoms with E-state index in [-0.39, 0.29) is 17.5 Å². The Bertz CT molecular complexity index is 835. The van der Waals surface area contributed by atoms with Crippen molar-refractivity contribution in [3.05, 3.63) is 71.3 Å². The van der Waals surface area contributed by atoms with Gasteiger partial charge >= 0.3 is 5.97 Å². The third-order valence-corrected chi connectivity index (χ3v) is 3.92. The summed E-state index contributed by atoms with van der Waals surface area (Å²) in [5.41, 5.74) is 0.609. The molecule has 6 nitrogen and oxygen atoms in total. The summed E-state index contributed by atoms with van der Waals surface area (Å²) in [7, 11) is 0. The molecule has 0 saturated carbocycles. The van der Waals surface area contributed by atoms with Crippen LogP contribution >= 0.6 is 0 Å². The number of esters is 1. The van der Waals surface area contributed by atoms with Crippen LogP contribution in [0.5, 0.6) is 0 Å². The molecule has 0 aromatic heterocycles. The molecule has 0 spiro atoms. The van der Waals surface area contributed by atoms with Crippen LogP contribution in [0.4, 0.5) is 0 Å². The van der Waals surface area contributed by atoms with Gasteiger partial charge in [-0.25, -0.2) is 9.63 Å². The van der Waals surface area contributed by atoms with Crippen LogP contribution < -0.4 is 0 Å². The zero-order valence-corrected chi connectivity index (χ0v) is 15.5. The average molecular weight is 367 g/mol. The predicted molar refractivity (Wildman–Crippen MR) is 97.8 cm³/mol. The first-order valence-electron chi connectivity index (χ1n) is 8.67. The summed E-state index contributed by atoms with van der Waals surface area (Å²) in [6.45, 7) is 5.23. The summed E-state index contributed by atoms with van der Waals surface area (Å²) in [4.78, 5) is 43.3. The third-order valence-electron chi connectivity index (χ3n) is 3.92. The molecule has 0 N–H and O–H groups in total. The molecule has 6 heteroatoms. The summed E-state index contributed by atoms with van der Waals surface area (Å²) in [5, 5.41) is 0.655. The number of amides is 2. The molecule has 0 saturated heterocycles. The molecule has 0 fully saturated rings. The van der Waals surface area contributed by atoms with Gasteiger partial charge < -0.3 is 4.74 Å². The second-order valence-electron chi connectivity index (χ2n) is 7.27. The van der Waals surface area contributed by atoms with Gasteiger partial charge in [-0.05, 0) is 38.5 Å². The van der Waals surface area contributed by atoms with E-state index in [1.807, 2.05) is 30.3 Å². The van der Waals surface area contributed by atoms with Crippen LogP contribution in [0.1, 0.15) is 47.1 Å². The van der Waals surface area contributed by atoms with Crippen molar-refractivity contribution in [1.29, 1.82) is 0 Å². The molecule has 2 aromatic rings. The summed E-state index contributed by atoms with van der Waals surface area (Å²) >= 11 is 0. The minimum Gasteiger partial charge on any atom is -0.458 e. The maximum absolute atomic E-state index is 12.6. The molecule has 0 unspecified atom stereocenters.